The number of benzene rings is 2. The minimum Gasteiger partial charge on any atom is -0.496 e. The Hall–Kier alpha value is -3.28. The summed E-state index contributed by atoms with van der Waals surface area (Å²) in [5.41, 5.74) is 4.23. The van der Waals surface area contributed by atoms with Gasteiger partial charge in [0.15, 0.2) is 0 Å². The number of aromatic nitrogens is 1. The predicted octanol–water partition coefficient (Wildman–Crippen LogP) is 4.73. The summed E-state index contributed by atoms with van der Waals surface area (Å²) < 4.78 is 12.4. The van der Waals surface area contributed by atoms with Crippen molar-refractivity contribution in [3.63, 3.8) is 0 Å². The van der Waals surface area contributed by atoms with Gasteiger partial charge in [-0.25, -0.2) is 4.79 Å². The molecule has 32 heavy (non-hydrogen) atoms. The summed E-state index contributed by atoms with van der Waals surface area (Å²) >= 11 is 0. The Morgan fingerprint density at radius 1 is 1.03 bits per heavy atom. The molecule has 0 fully saturated rings. The molecule has 2 aromatic carbocycles. The molecule has 0 bridgehead atoms. The SMILES string of the molecule is CCC(C)(C)CNC(=O)c1ccc2c(c1)c(Cc1ccc(C(=O)OC)cc1OC)cn2C. The highest BCUT2D eigenvalue weighted by atomic mass is 16.5. The van der Waals surface area contributed by atoms with Gasteiger partial charge >= 0.3 is 5.97 Å². The van der Waals surface area contributed by atoms with Gasteiger partial charge < -0.3 is 19.4 Å². The molecular formula is C26H32N2O4. The third kappa shape index (κ3) is 4.96. The molecule has 0 spiro atoms. The minimum absolute atomic E-state index is 0.0601. The molecule has 0 unspecified atom stereocenters. The summed E-state index contributed by atoms with van der Waals surface area (Å²) in [7, 11) is 4.94. The zero-order valence-corrected chi connectivity index (χ0v) is 19.7. The van der Waals surface area contributed by atoms with Crippen LogP contribution in [0.25, 0.3) is 10.9 Å². The predicted molar refractivity (Wildman–Crippen MR) is 126 cm³/mol. The molecule has 0 aliphatic rings. The zero-order valence-electron chi connectivity index (χ0n) is 19.7. The second-order valence-electron chi connectivity index (χ2n) is 8.89. The second kappa shape index (κ2) is 9.47. The van der Waals surface area contributed by atoms with Gasteiger partial charge in [0.2, 0.25) is 0 Å². The molecule has 6 heteroatoms. The standard InChI is InChI=1S/C26H32N2O4/c1-7-26(2,3)16-27-24(29)18-10-11-22-21(13-18)20(15-28(22)4)12-17-8-9-19(25(30)32-6)14-23(17)31-5/h8-11,13-15H,7,12,16H2,1-6H3,(H,27,29). The number of methoxy groups -OCH3 is 2. The van der Waals surface area contributed by atoms with E-state index in [-0.39, 0.29) is 11.3 Å². The van der Waals surface area contributed by atoms with Gasteiger partial charge in [0.25, 0.3) is 5.91 Å². The monoisotopic (exact) mass is 436 g/mol. The van der Waals surface area contributed by atoms with E-state index in [0.29, 0.717) is 29.8 Å². The first-order valence-electron chi connectivity index (χ1n) is 10.8. The van der Waals surface area contributed by atoms with Crippen molar-refractivity contribution < 1.29 is 19.1 Å². The van der Waals surface area contributed by atoms with Crippen LogP contribution in [0.15, 0.2) is 42.6 Å². The summed E-state index contributed by atoms with van der Waals surface area (Å²) in [6.45, 7) is 7.04. The Labute approximate surface area is 189 Å². The quantitative estimate of drug-likeness (QED) is 0.518. The molecule has 3 rings (SSSR count). The molecule has 0 saturated carbocycles. The molecule has 0 saturated heterocycles. The number of nitrogens with one attached hydrogen (secondary N) is 1. The van der Waals surface area contributed by atoms with E-state index in [1.807, 2.05) is 31.3 Å². The normalized spacial score (nSPS) is 11.4. The van der Waals surface area contributed by atoms with Crippen molar-refractivity contribution >= 4 is 22.8 Å². The van der Waals surface area contributed by atoms with Crippen LogP contribution in [-0.4, -0.2) is 37.2 Å². The van der Waals surface area contributed by atoms with Crippen LogP contribution in [0.3, 0.4) is 0 Å². The molecule has 0 atom stereocenters. The number of rotatable bonds is 8. The van der Waals surface area contributed by atoms with Gasteiger partial charge in [0, 0.05) is 42.7 Å². The Morgan fingerprint density at radius 2 is 1.75 bits per heavy atom. The lowest BCUT2D eigenvalue weighted by atomic mass is 9.90. The molecule has 6 nitrogen and oxygen atoms in total. The number of aryl methyl sites for hydroxylation is 1. The number of fused-ring (bicyclic) bond motifs is 1. The first-order valence-corrected chi connectivity index (χ1v) is 10.8. The average molecular weight is 437 g/mol. The molecule has 0 aliphatic carbocycles. The van der Waals surface area contributed by atoms with Crippen LogP contribution in [0.5, 0.6) is 5.75 Å². The number of nitrogens with zero attached hydrogens (tertiary/aromatic N) is 1. The number of esters is 1. The lowest BCUT2D eigenvalue weighted by Gasteiger charge is -2.22. The van der Waals surface area contributed by atoms with Gasteiger partial charge in [-0.15, -0.1) is 0 Å². The Morgan fingerprint density at radius 3 is 2.41 bits per heavy atom. The fourth-order valence-corrected chi connectivity index (χ4v) is 3.64. The maximum Gasteiger partial charge on any atom is 0.337 e. The van der Waals surface area contributed by atoms with Crippen LogP contribution in [-0.2, 0) is 18.2 Å². The van der Waals surface area contributed by atoms with Crippen LogP contribution < -0.4 is 10.1 Å². The van der Waals surface area contributed by atoms with Gasteiger partial charge in [-0.1, -0.05) is 26.8 Å². The maximum atomic E-state index is 12.8. The highest BCUT2D eigenvalue weighted by Gasteiger charge is 2.18. The third-order valence-corrected chi connectivity index (χ3v) is 6.11. The van der Waals surface area contributed by atoms with Crippen molar-refractivity contribution in [2.75, 3.05) is 20.8 Å². The minimum atomic E-state index is -0.401. The van der Waals surface area contributed by atoms with E-state index < -0.39 is 5.97 Å². The number of hydrogen-bond donors (Lipinski definition) is 1. The van der Waals surface area contributed by atoms with Crippen LogP contribution in [0.4, 0.5) is 0 Å². The number of amides is 1. The van der Waals surface area contributed by atoms with Gasteiger partial charge in [0.1, 0.15) is 5.75 Å². The Bertz CT molecular complexity index is 1140. The lowest BCUT2D eigenvalue weighted by molar-refractivity contribution is 0.0600. The van der Waals surface area contributed by atoms with Gasteiger partial charge in [-0.05, 0) is 53.3 Å². The first-order chi connectivity index (χ1) is 15.2. The van der Waals surface area contributed by atoms with E-state index in [9.17, 15) is 9.59 Å². The van der Waals surface area contributed by atoms with Crippen molar-refractivity contribution in [3.8, 4) is 5.75 Å². The number of hydrogen-bond acceptors (Lipinski definition) is 4. The van der Waals surface area contributed by atoms with Crippen molar-refractivity contribution in [2.45, 2.75) is 33.6 Å². The highest BCUT2D eigenvalue weighted by molar-refractivity contribution is 5.99. The summed E-state index contributed by atoms with van der Waals surface area (Å²) in [5.74, 6) is 0.158. The van der Waals surface area contributed by atoms with Crippen LogP contribution in [0, 0.1) is 5.41 Å². The molecule has 0 aliphatic heterocycles. The number of carbonyl (C=O) groups is 2. The largest absolute Gasteiger partial charge is 0.496 e. The lowest BCUT2D eigenvalue weighted by Crippen LogP contribution is -2.33. The molecular weight excluding hydrogens is 404 g/mol. The average Bonchev–Trinajstić information content (AvgIpc) is 3.11. The fraction of sp³-hybridized carbons (Fsp3) is 0.385. The van der Waals surface area contributed by atoms with E-state index in [4.69, 9.17) is 9.47 Å². The Kier molecular flexibility index (Phi) is 6.92. The van der Waals surface area contributed by atoms with Crippen LogP contribution in [0.2, 0.25) is 0 Å². The van der Waals surface area contributed by atoms with Crippen molar-refractivity contribution in [1.29, 1.82) is 0 Å². The molecule has 1 heterocycles. The van der Waals surface area contributed by atoms with Crippen molar-refractivity contribution in [3.05, 3.63) is 64.8 Å². The zero-order chi connectivity index (χ0) is 23.5. The molecule has 0 radical (unpaired) electrons. The first kappa shape index (κ1) is 23.4. The van der Waals surface area contributed by atoms with E-state index in [1.165, 1.54) is 7.11 Å². The number of carbonyl (C=O) groups excluding carboxylic acids is 2. The van der Waals surface area contributed by atoms with Gasteiger partial charge in [-0.3, -0.25) is 4.79 Å². The smallest absolute Gasteiger partial charge is 0.337 e. The van der Waals surface area contributed by atoms with E-state index in [2.05, 4.69) is 36.9 Å². The van der Waals surface area contributed by atoms with Gasteiger partial charge in [0.05, 0.1) is 19.8 Å². The molecule has 3 aromatic rings. The van der Waals surface area contributed by atoms with E-state index >= 15 is 0 Å². The summed E-state index contributed by atoms with van der Waals surface area (Å²) in [4.78, 5) is 24.6. The fourth-order valence-electron chi connectivity index (χ4n) is 3.64. The van der Waals surface area contributed by atoms with Crippen LogP contribution in [0.1, 0.15) is 59.0 Å². The Balaban J connectivity index is 1.92. The van der Waals surface area contributed by atoms with E-state index in [1.54, 1.807) is 19.2 Å². The molecule has 1 amide bonds. The van der Waals surface area contributed by atoms with Crippen molar-refractivity contribution in [2.24, 2.45) is 12.5 Å². The summed E-state index contributed by atoms with van der Waals surface area (Å²) in [5, 5.41) is 4.08. The summed E-state index contributed by atoms with van der Waals surface area (Å²) in [6.07, 6.45) is 3.67. The van der Waals surface area contributed by atoms with Crippen LogP contribution >= 0.6 is 0 Å². The highest BCUT2D eigenvalue weighted by Crippen LogP contribution is 2.29. The van der Waals surface area contributed by atoms with Crippen molar-refractivity contribution in [1.82, 2.24) is 9.88 Å². The van der Waals surface area contributed by atoms with E-state index in [0.717, 1.165) is 28.5 Å². The maximum absolute atomic E-state index is 12.8. The summed E-state index contributed by atoms with van der Waals surface area (Å²) in [6, 6.07) is 11.1. The molecule has 1 aromatic heterocycles. The molecule has 1 N–H and O–H groups in total. The second-order valence-corrected chi connectivity index (χ2v) is 8.89. The van der Waals surface area contributed by atoms with Gasteiger partial charge in [-0.2, -0.15) is 0 Å². The number of ether oxygens (including phenoxy) is 2. The topological polar surface area (TPSA) is 69.6 Å². The molecule has 170 valence electrons. The third-order valence-electron chi connectivity index (χ3n) is 6.11.